The third kappa shape index (κ3) is 6.28. The van der Waals surface area contributed by atoms with Crippen molar-refractivity contribution in [3.05, 3.63) is 22.7 Å². The molecule has 0 spiro atoms. The second kappa shape index (κ2) is 10.3. The Morgan fingerprint density at radius 3 is 2.35 bits per heavy atom. The van der Waals surface area contributed by atoms with Gasteiger partial charge in [0.2, 0.25) is 5.91 Å². The summed E-state index contributed by atoms with van der Waals surface area (Å²) < 4.78 is 0. The van der Waals surface area contributed by atoms with E-state index in [0.717, 1.165) is 54.9 Å². The average molecular weight is 464 g/mol. The predicted octanol–water partition coefficient (Wildman–Crippen LogP) is 8.17. The lowest BCUT2D eigenvalue weighted by molar-refractivity contribution is -0.128. The van der Waals surface area contributed by atoms with E-state index in [0.29, 0.717) is 10.7 Å². The molecule has 0 unspecified atom stereocenters. The van der Waals surface area contributed by atoms with Gasteiger partial charge in [-0.25, -0.2) is 0 Å². The molecule has 0 radical (unpaired) electrons. The van der Waals surface area contributed by atoms with Crippen LogP contribution in [0.3, 0.4) is 0 Å². The quantitative estimate of drug-likeness (QED) is 0.432. The van der Waals surface area contributed by atoms with Gasteiger partial charge < -0.3 is 5.32 Å². The van der Waals surface area contributed by atoms with Crippen molar-refractivity contribution in [3.8, 4) is 0 Å². The van der Waals surface area contributed by atoms with Gasteiger partial charge in [-0.15, -0.1) is 0 Å². The van der Waals surface area contributed by atoms with Crippen molar-refractivity contribution in [1.82, 2.24) is 0 Å². The number of halogens is 1. The molecule has 3 nitrogen and oxygen atoms in total. The number of carbonyl (C=O) groups excluding carboxylic acids is 2. The highest BCUT2D eigenvalue weighted by Crippen LogP contribution is 2.45. The first-order valence-electron chi connectivity index (χ1n) is 11.9. The van der Waals surface area contributed by atoms with Crippen molar-refractivity contribution in [2.24, 2.45) is 16.7 Å². The third-order valence-electron chi connectivity index (χ3n) is 7.12. The van der Waals surface area contributed by atoms with E-state index >= 15 is 0 Å². The number of aryl methyl sites for hydroxylation is 1. The minimum atomic E-state index is -0.453. The molecule has 0 atom stereocenters. The number of hydrogen-bond donors (Lipinski definition) is 1. The van der Waals surface area contributed by atoms with Gasteiger partial charge in [-0.3, -0.25) is 9.59 Å². The Morgan fingerprint density at radius 2 is 1.74 bits per heavy atom. The van der Waals surface area contributed by atoms with Crippen LogP contribution >= 0.6 is 23.4 Å². The molecule has 1 aromatic rings. The minimum Gasteiger partial charge on any atom is -0.325 e. The molecule has 0 saturated heterocycles. The second-order valence-corrected chi connectivity index (χ2v) is 12.1. The molecule has 1 amide bonds. The molecule has 3 rings (SSSR count). The van der Waals surface area contributed by atoms with Gasteiger partial charge in [-0.05, 0) is 68.0 Å². The van der Waals surface area contributed by atoms with Crippen molar-refractivity contribution in [3.63, 3.8) is 0 Å². The highest BCUT2D eigenvalue weighted by molar-refractivity contribution is 8.13. The maximum absolute atomic E-state index is 13.7. The number of anilines is 1. The standard InChI is InChI=1S/C26H38ClNO2S/c1-18-16-22(31-24(30)25(2,3)4)21(17-20(18)27)28-23(29)26(13-8-5-9-14-26)15-12-19-10-6-7-11-19/h16-17,19H,5-15H2,1-4H3,(H,28,29). The van der Waals surface area contributed by atoms with Crippen LogP contribution in [0.1, 0.15) is 97.0 Å². The number of rotatable bonds is 6. The smallest absolute Gasteiger partial charge is 0.230 e. The topological polar surface area (TPSA) is 46.2 Å². The summed E-state index contributed by atoms with van der Waals surface area (Å²) >= 11 is 7.63. The van der Waals surface area contributed by atoms with E-state index in [1.807, 2.05) is 39.8 Å². The van der Waals surface area contributed by atoms with Gasteiger partial charge in [-0.2, -0.15) is 0 Å². The SMILES string of the molecule is Cc1cc(SC(=O)C(C)(C)C)c(NC(=O)C2(CCC3CCCC3)CCCCC2)cc1Cl. The zero-order chi connectivity index (χ0) is 22.6. The molecule has 2 aliphatic carbocycles. The Kier molecular flexibility index (Phi) is 8.18. The first-order chi connectivity index (χ1) is 14.6. The Bertz CT molecular complexity index is 802. The first kappa shape index (κ1) is 24.6. The van der Waals surface area contributed by atoms with Crippen LogP contribution in [-0.2, 0) is 9.59 Å². The fraction of sp³-hybridized carbons (Fsp3) is 0.692. The molecule has 2 fully saturated rings. The molecule has 31 heavy (non-hydrogen) atoms. The molecular formula is C26H38ClNO2S. The van der Waals surface area contributed by atoms with Crippen LogP contribution < -0.4 is 5.32 Å². The molecule has 2 saturated carbocycles. The summed E-state index contributed by atoms with van der Waals surface area (Å²) in [5, 5.41) is 3.92. The summed E-state index contributed by atoms with van der Waals surface area (Å²) in [4.78, 5) is 27.2. The lowest BCUT2D eigenvalue weighted by Gasteiger charge is -2.37. The molecule has 1 N–H and O–H groups in total. The van der Waals surface area contributed by atoms with Gasteiger partial charge in [0.25, 0.3) is 0 Å². The Hall–Kier alpha value is -1.00. The maximum atomic E-state index is 13.7. The van der Waals surface area contributed by atoms with E-state index < -0.39 is 5.41 Å². The van der Waals surface area contributed by atoms with Gasteiger partial charge in [0.15, 0.2) is 5.12 Å². The highest BCUT2D eigenvalue weighted by Gasteiger charge is 2.40. The predicted molar refractivity (Wildman–Crippen MR) is 132 cm³/mol. The van der Waals surface area contributed by atoms with E-state index in [9.17, 15) is 9.59 Å². The van der Waals surface area contributed by atoms with Gasteiger partial charge in [0.05, 0.1) is 5.69 Å². The normalized spacial score (nSPS) is 19.4. The van der Waals surface area contributed by atoms with Crippen LogP contribution in [-0.4, -0.2) is 11.0 Å². The molecule has 0 aliphatic heterocycles. The third-order valence-corrected chi connectivity index (χ3v) is 8.88. The largest absolute Gasteiger partial charge is 0.325 e. The molecule has 0 bridgehead atoms. The monoisotopic (exact) mass is 463 g/mol. The summed E-state index contributed by atoms with van der Waals surface area (Å²) in [6.45, 7) is 7.69. The van der Waals surface area contributed by atoms with Crippen LogP contribution in [0.25, 0.3) is 0 Å². The minimum absolute atomic E-state index is 0.0818. The van der Waals surface area contributed by atoms with E-state index in [1.165, 1.54) is 43.9 Å². The number of hydrogen-bond acceptors (Lipinski definition) is 3. The van der Waals surface area contributed by atoms with Crippen molar-refractivity contribution in [2.75, 3.05) is 5.32 Å². The van der Waals surface area contributed by atoms with Crippen molar-refractivity contribution in [1.29, 1.82) is 0 Å². The van der Waals surface area contributed by atoms with E-state index in [-0.39, 0.29) is 16.4 Å². The van der Waals surface area contributed by atoms with Crippen LogP contribution in [0.5, 0.6) is 0 Å². The second-order valence-electron chi connectivity index (χ2n) is 10.7. The maximum Gasteiger partial charge on any atom is 0.230 e. The van der Waals surface area contributed by atoms with E-state index in [1.54, 1.807) is 0 Å². The molecular weight excluding hydrogens is 426 g/mol. The lowest BCUT2D eigenvalue weighted by atomic mass is 9.69. The first-order valence-corrected chi connectivity index (χ1v) is 13.1. The number of thioether (sulfide) groups is 1. The molecule has 0 aromatic heterocycles. The fourth-order valence-electron chi connectivity index (χ4n) is 4.94. The van der Waals surface area contributed by atoms with Crippen molar-refractivity contribution in [2.45, 2.75) is 103 Å². The summed E-state index contributed by atoms with van der Waals surface area (Å²) in [7, 11) is 0. The molecule has 5 heteroatoms. The van der Waals surface area contributed by atoms with Crippen LogP contribution in [0.2, 0.25) is 5.02 Å². The zero-order valence-electron chi connectivity index (χ0n) is 19.6. The van der Waals surface area contributed by atoms with Crippen LogP contribution in [0.15, 0.2) is 17.0 Å². The van der Waals surface area contributed by atoms with Crippen LogP contribution in [0.4, 0.5) is 5.69 Å². The average Bonchev–Trinajstić information content (AvgIpc) is 3.24. The van der Waals surface area contributed by atoms with Gasteiger partial charge >= 0.3 is 0 Å². The number of benzene rings is 1. The molecule has 0 heterocycles. The Balaban J connectivity index is 1.81. The van der Waals surface area contributed by atoms with Crippen LogP contribution in [0, 0.1) is 23.7 Å². The number of carbonyl (C=O) groups is 2. The highest BCUT2D eigenvalue weighted by atomic mass is 35.5. The van der Waals surface area contributed by atoms with E-state index in [2.05, 4.69) is 5.32 Å². The number of nitrogens with one attached hydrogen (secondary N) is 1. The van der Waals surface area contributed by atoms with Gasteiger partial charge in [0.1, 0.15) is 0 Å². The molecule has 172 valence electrons. The summed E-state index contributed by atoms with van der Waals surface area (Å²) in [5.74, 6) is 0.908. The molecule has 1 aromatic carbocycles. The Morgan fingerprint density at radius 1 is 1.10 bits per heavy atom. The lowest BCUT2D eigenvalue weighted by Crippen LogP contribution is -2.38. The van der Waals surface area contributed by atoms with Gasteiger partial charge in [0, 0.05) is 20.7 Å². The van der Waals surface area contributed by atoms with Crippen molar-refractivity contribution < 1.29 is 9.59 Å². The van der Waals surface area contributed by atoms with Crippen molar-refractivity contribution >= 4 is 40.1 Å². The summed E-state index contributed by atoms with van der Waals surface area (Å²) in [6.07, 6.45) is 12.9. The molecule has 2 aliphatic rings. The van der Waals surface area contributed by atoms with Gasteiger partial charge in [-0.1, -0.05) is 77.3 Å². The number of amides is 1. The summed E-state index contributed by atoms with van der Waals surface area (Å²) in [6, 6.07) is 3.75. The zero-order valence-corrected chi connectivity index (χ0v) is 21.2. The fourth-order valence-corrected chi connectivity index (χ4v) is 6.07. The summed E-state index contributed by atoms with van der Waals surface area (Å²) in [5.41, 5.74) is 0.853. The Labute approximate surface area is 197 Å². The van der Waals surface area contributed by atoms with E-state index in [4.69, 9.17) is 11.6 Å².